The third-order valence-electron chi connectivity index (χ3n) is 6.09. The van der Waals surface area contributed by atoms with Crippen molar-refractivity contribution >= 4 is 38.6 Å². The van der Waals surface area contributed by atoms with Gasteiger partial charge in [-0.3, -0.25) is 4.40 Å². The number of aromatic nitrogens is 1. The van der Waals surface area contributed by atoms with Gasteiger partial charge in [0.25, 0.3) is 0 Å². The van der Waals surface area contributed by atoms with Crippen molar-refractivity contribution in [2.75, 3.05) is 21.3 Å². The summed E-state index contributed by atoms with van der Waals surface area (Å²) in [6.07, 6.45) is -1.08. The van der Waals surface area contributed by atoms with Crippen LogP contribution in [0.1, 0.15) is 38.8 Å². The topological polar surface area (TPSA) is 109 Å². The molecule has 0 radical (unpaired) electrons. The molecule has 0 aliphatic heterocycles. The molecular formula is C29H35N3O7S. The minimum absolute atomic E-state index is 0.0240. The fraction of sp³-hybridized carbons (Fsp3) is 0.379. The summed E-state index contributed by atoms with van der Waals surface area (Å²) in [5.74, 6) is 1.41. The number of nitrogens with one attached hydrogen (secondary N) is 2. The number of hydrogen-bond donors (Lipinski definition) is 2. The second kappa shape index (κ2) is 12.4. The average molecular weight is 570 g/mol. The summed E-state index contributed by atoms with van der Waals surface area (Å²) in [5, 5.41) is 5.51. The van der Waals surface area contributed by atoms with Crippen molar-refractivity contribution in [3.05, 3.63) is 47.5 Å². The fourth-order valence-corrected chi connectivity index (χ4v) is 5.67. The summed E-state index contributed by atoms with van der Waals surface area (Å²) in [6.45, 7) is 7.35. The number of carbonyl (C=O) groups excluding carboxylic acids is 2. The van der Waals surface area contributed by atoms with E-state index in [0.29, 0.717) is 22.8 Å². The molecule has 2 heterocycles. The van der Waals surface area contributed by atoms with Crippen molar-refractivity contribution in [1.29, 1.82) is 0 Å². The first-order chi connectivity index (χ1) is 19.2. The second-order valence-corrected chi connectivity index (χ2v) is 10.7. The van der Waals surface area contributed by atoms with Gasteiger partial charge in [-0.2, -0.15) is 0 Å². The van der Waals surface area contributed by atoms with E-state index in [1.165, 1.54) is 0 Å². The smallest absolute Gasteiger partial charge is 0.407 e. The monoisotopic (exact) mass is 569 g/mol. The molecule has 214 valence electrons. The number of alkyl carbamates (subject to hydrolysis) is 2. The van der Waals surface area contributed by atoms with Gasteiger partial charge >= 0.3 is 12.2 Å². The first-order valence-corrected chi connectivity index (χ1v) is 13.7. The van der Waals surface area contributed by atoms with Crippen LogP contribution in [-0.2, 0) is 22.7 Å². The SMILES string of the molecule is COc1cc(-c2c(COC(=O)NC(C)C)c(COC(=O)NC(C)C)c3sc4ccccc4n23)cc(OC)c1OC. The zero-order valence-corrected chi connectivity index (χ0v) is 24.6. The van der Waals surface area contributed by atoms with Gasteiger partial charge in [0.15, 0.2) is 11.5 Å². The number of rotatable bonds is 10. The second-order valence-electron chi connectivity index (χ2n) is 9.68. The number of benzene rings is 2. The van der Waals surface area contributed by atoms with Crippen molar-refractivity contribution in [3.63, 3.8) is 0 Å². The lowest BCUT2D eigenvalue weighted by Crippen LogP contribution is -2.31. The first kappa shape index (κ1) is 28.9. The Morgan fingerprint density at radius 1 is 0.825 bits per heavy atom. The Morgan fingerprint density at radius 3 is 1.90 bits per heavy atom. The van der Waals surface area contributed by atoms with Crippen LogP contribution in [-0.4, -0.2) is 50.0 Å². The Kier molecular flexibility index (Phi) is 8.93. The largest absolute Gasteiger partial charge is 0.493 e. The summed E-state index contributed by atoms with van der Waals surface area (Å²) in [4.78, 5) is 25.9. The van der Waals surface area contributed by atoms with Crippen molar-refractivity contribution in [2.45, 2.75) is 53.0 Å². The Balaban J connectivity index is 1.97. The van der Waals surface area contributed by atoms with Gasteiger partial charge in [0, 0.05) is 28.8 Å². The van der Waals surface area contributed by atoms with E-state index in [-0.39, 0.29) is 25.3 Å². The van der Waals surface area contributed by atoms with Crippen molar-refractivity contribution in [1.82, 2.24) is 15.0 Å². The molecule has 0 bridgehead atoms. The molecular weight excluding hydrogens is 534 g/mol. The van der Waals surface area contributed by atoms with Crippen LogP contribution in [0.15, 0.2) is 36.4 Å². The van der Waals surface area contributed by atoms with Gasteiger partial charge in [-0.25, -0.2) is 9.59 Å². The van der Waals surface area contributed by atoms with Gasteiger partial charge in [-0.1, -0.05) is 12.1 Å². The van der Waals surface area contributed by atoms with Crippen LogP contribution >= 0.6 is 11.3 Å². The zero-order chi connectivity index (χ0) is 29.0. The molecule has 0 spiro atoms. The lowest BCUT2D eigenvalue weighted by atomic mass is 10.0. The molecule has 0 atom stereocenters. The van der Waals surface area contributed by atoms with Crippen LogP contribution in [0, 0.1) is 0 Å². The summed E-state index contributed by atoms with van der Waals surface area (Å²) in [6, 6.07) is 11.5. The predicted octanol–water partition coefficient (Wildman–Crippen LogP) is 6.12. The molecule has 0 aliphatic rings. The number of ether oxygens (including phenoxy) is 5. The van der Waals surface area contributed by atoms with Crippen LogP contribution in [0.3, 0.4) is 0 Å². The lowest BCUT2D eigenvalue weighted by molar-refractivity contribution is 0.130. The first-order valence-electron chi connectivity index (χ1n) is 12.9. The number of para-hydroxylation sites is 1. The Morgan fingerprint density at radius 2 is 1.38 bits per heavy atom. The van der Waals surface area contributed by atoms with E-state index in [9.17, 15) is 9.59 Å². The molecule has 4 aromatic rings. The van der Waals surface area contributed by atoms with Gasteiger partial charge in [0.2, 0.25) is 5.75 Å². The molecule has 40 heavy (non-hydrogen) atoms. The highest BCUT2D eigenvalue weighted by molar-refractivity contribution is 7.24. The van der Waals surface area contributed by atoms with E-state index >= 15 is 0 Å². The van der Waals surface area contributed by atoms with Crippen LogP contribution in [0.4, 0.5) is 9.59 Å². The van der Waals surface area contributed by atoms with E-state index in [1.54, 1.807) is 32.7 Å². The molecule has 10 nitrogen and oxygen atoms in total. The summed E-state index contributed by atoms with van der Waals surface area (Å²) in [5.41, 5.74) is 3.89. The van der Waals surface area contributed by atoms with E-state index in [4.69, 9.17) is 23.7 Å². The molecule has 11 heteroatoms. The normalized spacial score (nSPS) is 11.2. The quantitative estimate of drug-likeness (QED) is 0.237. The average Bonchev–Trinajstić information content (AvgIpc) is 3.43. The van der Waals surface area contributed by atoms with Crippen molar-refractivity contribution in [3.8, 4) is 28.5 Å². The van der Waals surface area contributed by atoms with Crippen LogP contribution < -0.4 is 24.8 Å². The number of methoxy groups -OCH3 is 3. The minimum Gasteiger partial charge on any atom is -0.493 e. The van der Waals surface area contributed by atoms with E-state index < -0.39 is 12.2 Å². The molecule has 0 saturated heterocycles. The number of hydrogen-bond acceptors (Lipinski definition) is 8. The van der Waals surface area contributed by atoms with Crippen LogP contribution in [0.25, 0.3) is 26.3 Å². The molecule has 0 unspecified atom stereocenters. The number of carbonyl (C=O) groups is 2. The molecule has 2 aromatic carbocycles. The van der Waals surface area contributed by atoms with Gasteiger partial charge in [-0.15, -0.1) is 11.3 Å². The summed E-state index contributed by atoms with van der Waals surface area (Å²) in [7, 11) is 4.66. The summed E-state index contributed by atoms with van der Waals surface area (Å²) >= 11 is 1.56. The lowest BCUT2D eigenvalue weighted by Gasteiger charge is -2.16. The van der Waals surface area contributed by atoms with Gasteiger partial charge in [-0.05, 0) is 52.0 Å². The highest BCUT2D eigenvalue weighted by Crippen LogP contribution is 2.45. The van der Waals surface area contributed by atoms with Gasteiger partial charge in [0.05, 0.1) is 37.2 Å². The molecule has 2 aromatic heterocycles. The fourth-order valence-electron chi connectivity index (χ4n) is 4.47. The maximum Gasteiger partial charge on any atom is 0.407 e. The Labute approximate surface area is 237 Å². The maximum atomic E-state index is 12.5. The molecule has 0 saturated carbocycles. The van der Waals surface area contributed by atoms with Crippen molar-refractivity contribution in [2.24, 2.45) is 0 Å². The Bertz CT molecular complexity index is 1500. The number of thiazole rings is 1. The molecule has 2 amide bonds. The third-order valence-corrected chi connectivity index (χ3v) is 7.28. The zero-order valence-electron chi connectivity index (χ0n) is 23.7. The van der Waals surface area contributed by atoms with Gasteiger partial charge < -0.3 is 34.3 Å². The standard InChI is InChI=1S/C29H35N3O7S/c1-16(2)30-28(33)38-14-19-20(15-39-29(34)31-17(3)4)27-32(21-10-8-9-11-24(21)40-27)25(19)18-12-22(35-5)26(37-7)23(13-18)36-6/h8-13,16-17H,14-15H2,1-7H3,(H,30,33)(H,31,34). The highest BCUT2D eigenvalue weighted by atomic mass is 32.1. The predicted molar refractivity (Wildman–Crippen MR) is 155 cm³/mol. The third kappa shape index (κ3) is 5.89. The molecule has 0 fully saturated rings. The number of amides is 2. The Hall–Kier alpha value is -4.12. The van der Waals surface area contributed by atoms with Crippen LogP contribution in [0.5, 0.6) is 17.2 Å². The van der Waals surface area contributed by atoms with Crippen LogP contribution in [0.2, 0.25) is 0 Å². The van der Waals surface area contributed by atoms with Gasteiger partial charge in [0.1, 0.15) is 18.0 Å². The van der Waals surface area contributed by atoms with E-state index in [1.807, 2.05) is 64.1 Å². The number of fused-ring (bicyclic) bond motifs is 3. The van der Waals surface area contributed by atoms with E-state index in [0.717, 1.165) is 31.9 Å². The maximum absolute atomic E-state index is 12.5. The minimum atomic E-state index is -0.547. The summed E-state index contributed by atoms with van der Waals surface area (Å²) < 4.78 is 31.3. The van der Waals surface area contributed by atoms with E-state index in [2.05, 4.69) is 15.0 Å². The molecule has 0 aliphatic carbocycles. The molecule has 2 N–H and O–H groups in total. The molecule has 4 rings (SSSR count). The highest BCUT2D eigenvalue weighted by Gasteiger charge is 2.27. The van der Waals surface area contributed by atoms with Crippen molar-refractivity contribution < 1.29 is 33.3 Å². The number of nitrogens with zero attached hydrogens (tertiary/aromatic N) is 1.